The van der Waals surface area contributed by atoms with Crippen molar-refractivity contribution in [2.75, 3.05) is 31.6 Å². The molecular weight excluding hydrogens is 391 g/mol. The molecule has 150 valence electrons. The average molecular weight is 412 g/mol. The fraction of sp³-hybridized carbons (Fsp3) is 0.400. The molecule has 9 heteroatoms. The molecule has 0 unspecified atom stereocenters. The molecule has 0 bridgehead atoms. The van der Waals surface area contributed by atoms with Crippen LogP contribution in [0.25, 0.3) is 10.3 Å². The molecule has 29 heavy (non-hydrogen) atoms. The summed E-state index contributed by atoms with van der Waals surface area (Å²) in [6.07, 6.45) is 4.13. The van der Waals surface area contributed by atoms with Crippen molar-refractivity contribution >= 4 is 39.1 Å². The van der Waals surface area contributed by atoms with E-state index in [0.29, 0.717) is 27.7 Å². The number of aromatic nitrogens is 3. The molecule has 1 N–H and O–H groups in total. The number of halogens is 1. The van der Waals surface area contributed by atoms with Gasteiger partial charge in [0.1, 0.15) is 22.5 Å². The van der Waals surface area contributed by atoms with Gasteiger partial charge < -0.3 is 15.1 Å². The van der Waals surface area contributed by atoms with Crippen LogP contribution in [0.1, 0.15) is 28.2 Å². The van der Waals surface area contributed by atoms with Crippen molar-refractivity contribution in [3.05, 3.63) is 40.9 Å². The number of thiazole rings is 1. The standard InChI is InChI=1S/C20H21FN6OS/c1-26-7-5-14(6-8-26)24-18(28)20-25-16-17(22-11-23-19(16)29-20)27-9-4-12-10-13(21)2-3-15(12)27/h2-3,10-11,14H,4-9H2,1H3,(H,24,28). The van der Waals surface area contributed by atoms with Gasteiger partial charge in [-0.1, -0.05) is 11.3 Å². The molecule has 1 amide bonds. The summed E-state index contributed by atoms with van der Waals surface area (Å²) in [6.45, 7) is 2.66. The van der Waals surface area contributed by atoms with E-state index in [4.69, 9.17) is 0 Å². The van der Waals surface area contributed by atoms with E-state index in [-0.39, 0.29) is 17.8 Å². The lowest BCUT2D eigenvalue weighted by molar-refractivity contribution is 0.0916. The molecule has 0 spiro atoms. The molecule has 1 aromatic carbocycles. The van der Waals surface area contributed by atoms with Gasteiger partial charge in [-0.2, -0.15) is 0 Å². The second-order valence-electron chi connectivity index (χ2n) is 7.60. The van der Waals surface area contributed by atoms with Crippen LogP contribution in [0.3, 0.4) is 0 Å². The summed E-state index contributed by atoms with van der Waals surface area (Å²) in [6, 6.07) is 4.97. The van der Waals surface area contributed by atoms with E-state index in [1.54, 1.807) is 12.1 Å². The molecular formula is C20H21FN6OS. The monoisotopic (exact) mass is 412 g/mol. The number of carbonyl (C=O) groups excluding carboxylic acids is 1. The Morgan fingerprint density at radius 2 is 2.07 bits per heavy atom. The zero-order chi connectivity index (χ0) is 20.0. The molecule has 2 aliphatic rings. The lowest BCUT2D eigenvalue weighted by atomic mass is 10.1. The number of carbonyl (C=O) groups is 1. The van der Waals surface area contributed by atoms with Crippen LogP contribution in [0.15, 0.2) is 24.5 Å². The first-order valence-corrected chi connectivity index (χ1v) is 10.6. The summed E-state index contributed by atoms with van der Waals surface area (Å²) in [5.41, 5.74) is 2.49. The van der Waals surface area contributed by atoms with Gasteiger partial charge >= 0.3 is 0 Å². The molecule has 5 rings (SSSR count). The van der Waals surface area contributed by atoms with Crippen molar-refractivity contribution in [3.63, 3.8) is 0 Å². The van der Waals surface area contributed by atoms with E-state index in [1.165, 1.54) is 23.7 Å². The smallest absolute Gasteiger partial charge is 0.280 e. The minimum Gasteiger partial charge on any atom is -0.347 e. The van der Waals surface area contributed by atoms with Crippen molar-refractivity contribution < 1.29 is 9.18 Å². The second-order valence-corrected chi connectivity index (χ2v) is 8.57. The van der Waals surface area contributed by atoms with Crippen LogP contribution in [0.5, 0.6) is 0 Å². The lowest BCUT2D eigenvalue weighted by Gasteiger charge is -2.29. The Morgan fingerprint density at radius 1 is 1.24 bits per heavy atom. The van der Waals surface area contributed by atoms with Crippen molar-refractivity contribution in [1.29, 1.82) is 0 Å². The number of benzene rings is 1. The molecule has 3 aromatic rings. The third kappa shape index (κ3) is 3.44. The van der Waals surface area contributed by atoms with Gasteiger partial charge in [-0.3, -0.25) is 4.79 Å². The molecule has 1 saturated heterocycles. The maximum absolute atomic E-state index is 13.5. The van der Waals surface area contributed by atoms with E-state index in [9.17, 15) is 9.18 Å². The molecule has 1 fully saturated rings. The molecule has 0 radical (unpaired) electrons. The maximum atomic E-state index is 13.5. The average Bonchev–Trinajstić information content (AvgIpc) is 3.33. The third-order valence-corrected chi connectivity index (χ3v) is 6.58. The Hall–Kier alpha value is -2.65. The number of hydrogen-bond donors (Lipinski definition) is 1. The van der Waals surface area contributed by atoms with Crippen LogP contribution in [0.4, 0.5) is 15.9 Å². The van der Waals surface area contributed by atoms with Crippen LogP contribution < -0.4 is 10.2 Å². The Morgan fingerprint density at radius 3 is 2.90 bits per heavy atom. The van der Waals surface area contributed by atoms with Gasteiger partial charge in [-0.25, -0.2) is 19.3 Å². The summed E-state index contributed by atoms with van der Waals surface area (Å²) in [5, 5.41) is 3.51. The fourth-order valence-corrected chi connectivity index (χ4v) is 4.83. The Bertz CT molecular complexity index is 1080. The van der Waals surface area contributed by atoms with E-state index < -0.39 is 0 Å². The number of likely N-dealkylation sites (tertiary alicyclic amines) is 1. The first-order chi connectivity index (χ1) is 14.1. The summed E-state index contributed by atoms with van der Waals surface area (Å²) in [4.78, 5) is 31.1. The summed E-state index contributed by atoms with van der Waals surface area (Å²) < 4.78 is 13.5. The predicted octanol–water partition coefficient (Wildman–Crippen LogP) is 2.74. The van der Waals surface area contributed by atoms with Crippen molar-refractivity contribution in [2.45, 2.75) is 25.3 Å². The topological polar surface area (TPSA) is 74.2 Å². The van der Waals surface area contributed by atoms with Gasteiger partial charge in [0.2, 0.25) is 0 Å². The number of piperidine rings is 1. The van der Waals surface area contributed by atoms with Gasteiger partial charge in [-0.05, 0) is 63.2 Å². The SMILES string of the molecule is CN1CCC(NC(=O)c2nc3c(N4CCc5cc(F)ccc54)ncnc3s2)CC1. The molecule has 2 aromatic heterocycles. The van der Waals surface area contributed by atoms with Gasteiger partial charge in [-0.15, -0.1) is 0 Å². The number of rotatable bonds is 3. The second kappa shape index (κ2) is 7.31. The molecule has 0 aliphatic carbocycles. The number of fused-ring (bicyclic) bond motifs is 2. The van der Waals surface area contributed by atoms with Crippen LogP contribution in [0, 0.1) is 5.82 Å². The Kier molecular flexibility index (Phi) is 4.63. The molecule has 0 saturated carbocycles. The van der Waals surface area contributed by atoms with Gasteiger partial charge in [0.15, 0.2) is 10.8 Å². The van der Waals surface area contributed by atoms with E-state index in [2.05, 4.69) is 32.2 Å². The number of nitrogens with one attached hydrogen (secondary N) is 1. The third-order valence-electron chi connectivity index (χ3n) is 5.62. The molecule has 4 heterocycles. The first kappa shape index (κ1) is 18.4. The number of nitrogens with zero attached hydrogens (tertiary/aromatic N) is 5. The van der Waals surface area contributed by atoms with Gasteiger partial charge in [0.05, 0.1) is 0 Å². The zero-order valence-electron chi connectivity index (χ0n) is 16.1. The lowest BCUT2D eigenvalue weighted by Crippen LogP contribution is -2.43. The first-order valence-electron chi connectivity index (χ1n) is 9.75. The van der Waals surface area contributed by atoms with E-state index in [1.807, 2.05) is 4.90 Å². The van der Waals surface area contributed by atoms with Gasteiger partial charge in [0, 0.05) is 18.3 Å². The van der Waals surface area contributed by atoms with Gasteiger partial charge in [0.25, 0.3) is 5.91 Å². The van der Waals surface area contributed by atoms with Crippen molar-refractivity contribution in [2.24, 2.45) is 0 Å². The highest BCUT2D eigenvalue weighted by molar-refractivity contribution is 7.20. The van der Waals surface area contributed by atoms with E-state index >= 15 is 0 Å². The van der Waals surface area contributed by atoms with Crippen molar-refractivity contribution in [1.82, 2.24) is 25.2 Å². The fourth-order valence-electron chi connectivity index (χ4n) is 4.03. The number of anilines is 2. The highest BCUT2D eigenvalue weighted by Gasteiger charge is 2.27. The highest BCUT2D eigenvalue weighted by atomic mass is 32.1. The molecule has 2 aliphatic heterocycles. The summed E-state index contributed by atoms with van der Waals surface area (Å²) in [5.74, 6) is 0.271. The largest absolute Gasteiger partial charge is 0.347 e. The van der Waals surface area contributed by atoms with Crippen LogP contribution in [0.2, 0.25) is 0 Å². The van der Waals surface area contributed by atoms with Crippen LogP contribution in [-0.2, 0) is 6.42 Å². The summed E-state index contributed by atoms with van der Waals surface area (Å²) >= 11 is 1.28. The van der Waals surface area contributed by atoms with E-state index in [0.717, 1.165) is 43.6 Å². The molecule has 7 nitrogen and oxygen atoms in total. The minimum atomic E-state index is -0.236. The number of hydrogen-bond acceptors (Lipinski definition) is 7. The zero-order valence-corrected chi connectivity index (χ0v) is 16.9. The number of amides is 1. The minimum absolute atomic E-state index is 0.155. The predicted molar refractivity (Wildman–Crippen MR) is 110 cm³/mol. The normalized spacial score (nSPS) is 17.7. The van der Waals surface area contributed by atoms with Crippen molar-refractivity contribution in [3.8, 4) is 0 Å². The van der Waals surface area contributed by atoms with Crippen LogP contribution >= 0.6 is 11.3 Å². The molecule has 0 atom stereocenters. The van der Waals surface area contributed by atoms with Crippen LogP contribution in [-0.4, -0.2) is 58.5 Å². The highest BCUT2D eigenvalue weighted by Crippen LogP contribution is 2.37. The Labute approximate surface area is 171 Å². The summed E-state index contributed by atoms with van der Waals surface area (Å²) in [7, 11) is 2.09. The Balaban J connectivity index is 1.43. The maximum Gasteiger partial charge on any atom is 0.280 e. The quantitative estimate of drug-likeness (QED) is 0.713.